The van der Waals surface area contributed by atoms with Gasteiger partial charge in [0.2, 0.25) is 0 Å². The molecule has 1 aliphatic rings. The number of nitrogens with one attached hydrogen (secondary N) is 1. The number of fused-ring (bicyclic) bond motifs is 1. The molecule has 0 aromatic heterocycles. The molecular formula is C10H9BrClNO. The number of rotatable bonds is 0. The van der Waals surface area contributed by atoms with E-state index in [2.05, 4.69) is 21.2 Å². The van der Waals surface area contributed by atoms with Gasteiger partial charge in [-0.1, -0.05) is 11.6 Å². The first-order valence-electron chi connectivity index (χ1n) is 4.44. The van der Waals surface area contributed by atoms with Crippen molar-refractivity contribution in [3.05, 3.63) is 32.8 Å². The molecule has 4 heteroatoms. The summed E-state index contributed by atoms with van der Waals surface area (Å²) in [7, 11) is 0. The van der Waals surface area contributed by atoms with Gasteiger partial charge in [-0.3, -0.25) is 4.79 Å². The van der Waals surface area contributed by atoms with E-state index in [4.69, 9.17) is 11.6 Å². The molecule has 0 fully saturated rings. The first kappa shape index (κ1) is 9.99. The predicted molar refractivity (Wildman–Crippen MR) is 59.8 cm³/mol. The highest BCUT2D eigenvalue weighted by Gasteiger charge is 2.18. The molecule has 0 saturated carbocycles. The van der Waals surface area contributed by atoms with E-state index in [-0.39, 0.29) is 5.91 Å². The number of hydrogen-bond donors (Lipinski definition) is 1. The molecule has 0 spiro atoms. The fourth-order valence-electron chi connectivity index (χ4n) is 1.65. The normalized spacial score (nSPS) is 15.7. The van der Waals surface area contributed by atoms with Crippen LogP contribution in [0, 0.1) is 0 Å². The minimum atomic E-state index is -0.0129. The van der Waals surface area contributed by atoms with Gasteiger partial charge in [-0.25, -0.2) is 0 Å². The van der Waals surface area contributed by atoms with Crippen molar-refractivity contribution in [2.24, 2.45) is 0 Å². The summed E-state index contributed by atoms with van der Waals surface area (Å²) < 4.78 is 0.777. The smallest absolute Gasteiger partial charge is 0.252 e. The number of benzene rings is 1. The van der Waals surface area contributed by atoms with Crippen molar-refractivity contribution in [2.75, 3.05) is 6.54 Å². The SMILES string of the molecule is O=C1NCCCc2cc(Cl)cc(Br)c21. The lowest BCUT2D eigenvalue weighted by Gasteiger charge is -2.07. The zero-order valence-electron chi connectivity index (χ0n) is 7.44. The van der Waals surface area contributed by atoms with E-state index < -0.39 is 0 Å². The van der Waals surface area contributed by atoms with Gasteiger partial charge in [0, 0.05) is 16.0 Å². The van der Waals surface area contributed by atoms with Crippen LogP contribution in [0.15, 0.2) is 16.6 Å². The second-order valence-corrected chi connectivity index (χ2v) is 4.57. The third-order valence-electron chi connectivity index (χ3n) is 2.27. The van der Waals surface area contributed by atoms with Gasteiger partial charge in [-0.2, -0.15) is 0 Å². The molecule has 0 aliphatic carbocycles. The highest BCUT2D eigenvalue weighted by atomic mass is 79.9. The van der Waals surface area contributed by atoms with E-state index in [1.807, 2.05) is 6.07 Å². The van der Waals surface area contributed by atoms with Gasteiger partial charge < -0.3 is 5.32 Å². The summed E-state index contributed by atoms with van der Waals surface area (Å²) in [6, 6.07) is 3.62. The molecule has 1 amide bonds. The molecule has 0 saturated heterocycles. The summed E-state index contributed by atoms with van der Waals surface area (Å²) >= 11 is 9.28. The van der Waals surface area contributed by atoms with Gasteiger partial charge in [0.1, 0.15) is 0 Å². The highest BCUT2D eigenvalue weighted by molar-refractivity contribution is 9.10. The van der Waals surface area contributed by atoms with E-state index in [0.717, 1.165) is 35.0 Å². The molecule has 2 nitrogen and oxygen atoms in total. The van der Waals surface area contributed by atoms with Crippen molar-refractivity contribution < 1.29 is 4.79 Å². The number of hydrogen-bond acceptors (Lipinski definition) is 1. The van der Waals surface area contributed by atoms with E-state index in [1.54, 1.807) is 6.07 Å². The van der Waals surface area contributed by atoms with Crippen LogP contribution >= 0.6 is 27.5 Å². The van der Waals surface area contributed by atoms with Gasteiger partial charge in [0.05, 0.1) is 5.56 Å². The molecule has 0 bridgehead atoms. The van der Waals surface area contributed by atoms with Crippen LogP contribution in [0.1, 0.15) is 22.3 Å². The van der Waals surface area contributed by atoms with Gasteiger partial charge in [-0.05, 0) is 46.5 Å². The van der Waals surface area contributed by atoms with Gasteiger partial charge in [0.25, 0.3) is 5.91 Å². The number of halogens is 2. The van der Waals surface area contributed by atoms with Crippen LogP contribution in [-0.2, 0) is 6.42 Å². The van der Waals surface area contributed by atoms with Crippen LogP contribution < -0.4 is 5.32 Å². The van der Waals surface area contributed by atoms with E-state index in [9.17, 15) is 4.79 Å². The van der Waals surface area contributed by atoms with Crippen molar-refractivity contribution in [1.82, 2.24) is 5.32 Å². The lowest BCUT2D eigenvalue weighted by molar-refractivity contribution is 0.0955. The molecular weight excluding hydrogens is 265 g/mol. The second kappa shape index (κ2) is 3.91. The molecule has 0 atom stereocenters. The zero-order chi connectivity index (χ0) is 10.1. The summed E-state index contributed by atoms with van der Waals surface area (Å²) in [5.74, 6) is -0.0129. The predicted octanol–water partition coefficient (Wildman–Crippen LogP) is 2.78. The summed E-state index contributed by atoms with van der Waals surface area (Å²) in [5, 5.41) is 3.52. The minimum Gasteiger partial charge on any atom is -0.352 e. The molecule has 14 heavy (non-hydrogen) atoms. The first-order valence-corrected chi connectivity index (χ1v) is 5.61. The zero-order valence-corrected chi connectivity index (χ0v) is 9.78. The fraction of sp³-hybridized carbons (Fsp3) is 0.300. The third kappa shape index (κ3) is 1.79. The molecule has 2 rings (SSSR count). The van der Waals surface area contributed by atoms with Crippen molar-refractivity contribution in [3.8, 4) is 0 Å². The van der Waals surface area contributed by atoms with Crippen molar-refractivity contribution in [3.63, 3.8) is 0 Å². The lowest BCUT2D eigenvalue weighted by Crippen LogP contribution is -2.22. The van der Waals surface area contributed by atoms with Crippen LogP contribution in [0.3, 0.4) is 0 Å². The van der Waals surface area contributed by atoms with Crippen molar-refractivity contribution in [1.29, 1.82) is 0 Å². The third-order valence-corrected chi connectivity index (χ3v) is 3.12. The summed E-state index contributed by atoms with van der Waals surface area (Å²) in [5.41, 5.74) is 1.76. The summed E-state index contributed by atoms with van der Waals surface area (Å²) in [6.07, 6.45) is 1.86. The lowest BCUT2D eigenvalue weighted by atomic mass is 10.0. The molecule has 0 unspecified atom stereocenters. The molecule has 1 aliphatic heterocycles. The number of carbonyl (C=O) groups is 1. The summed E-state index contributed by atoms with van der Waals surface area (Å²) in [4.78, 5) is 11.7. The maximum absolute atomic E-state index is 11.7. The molecule has 1 heterocycles. The van der Waals surface area contributed by atoms with Gasteiger partial charge >= 0.3 is 0 Å². The monoisotopic (exact) mass is 273 g/mol. The molecule has 74 valence electrons. The van der Waals surface area contributed by atoms with Gasteiger partial charge in [0.15, 0.2) is 0 Å². The van der Waals surface area contributed by atoms with E-state index in [0.29, 0.717) is 5.02 Å². The number of carbonyl (C=O) groups excluding carboxylic acids is 1. The van der Waals surface area contributed by atoms with E-state index >= 15 is 0 Å². The first-order chi connectivity index (χ1) is 6.68. The van der Waals surface area contributed by atoms with Crippen LogP contribution in [-0.4, -0.2) is 12.5 Å². The number of amides is 1. The fourth-order valence-corrected chi connectivity index (χ4v) is 2.70. The Hall–Kier alpha value is -0.540. The highest BCUT2D eigenvalue weighted by Crippen LogP contribution is 2.27. The maximum atomic E-state index is 11.7. The summed E-state index contributed by atoms with van der Waals surface area (Å²) in [6.45, 7) is 0.734. The number of aryl methyl sites for hydroxylation is 1. The van der Waals surface area contributed by atoms with Crippen LogP contribution in [0.2, 0.25) is 5.02 Å². The quantitative estimate of drug-likeness (QED) is 0.774. The van der Waals surface area contributed by atoms with Crippen LogP contribution in [0.5, 0.6) is 0 Å². The Kier molecular flexibility index (Phi) is 2.79. The molecule has 0 radical (unpaired) electrons. The van der Waals surface area contributed by atoms with E-state index in [1.165, 1.54) is 0 Å². The molecule has 1 aromatic carbocycles. The Morgan fingerprint density at radius 1 is 1.43 bits per heavy atom. The second-order valence-electron chi connectivity index (χ2n) is 3.28. The Balaban J connectivity index is 2.58. The topological polar surface area (TPSA) is 29.1 Å². The Morgan fingerprint density at radius 3 is 3.00 bits per heavy atom. The van der Waals surface area contributed by atoms with Crippen molar-refractivity contribution in [2.45, 2.75) is 12.8 Å². The largest absolute Gasteiger partial charge is 0.352 e. The average Bonchev–Trinajstić information content (AvgIpc) is 2.27. The van der Waals surface area contributed by atoms with Crippen LogP contribution in [0.4, 0.5) is 0 Å². The standard InChI is InChI=1S/C10H9BrClNO/c11-8-5-7(12)4-6-2-1-3-13-10(14)9(6)8/h4-5H,1-3H2,(H,13,14). The Bertz CT molecular complexity index is 392. The van der Waals surface area contributed by atoms with Crippen LogP contribution in [0.25, 0.3) is 0 Å². The molecule has 1 N–H and O–H groups in total. The molecule has 1 aromatic rings. The Morgan fingerprint density at radius 2 is 2.21 bits per heavy atom. The Labute approximate surface area is 95.8 Å². The maximum Gasteiger partial charge on any atom is 0.252 e. The average molecular weight is 275 g/mol. The van der Waals surface area contributed by atoms with Gasteiger partial charge in [-0.15, -0.1) is 0 Å². The minimum absolute atomic E-state index is 0.0129. The van der Waals surface area contributed by atoms with Crippen molar-refractivity contribution >= 4 is 33.4 Å².